The third-order valence-electron chi connectivity index (χ3n) is 7.51. The van der Waals surface area contributed by atoms with E-state index in [9.17, 15) is 26.4 Å². The van der Waals surface area contributed by atoms with Crippen molar-refractivity contribution in [1.82, 2.24) is 14.1 Å². The molecule has 0 spiro atoms. The van der Waals surface area contributed by atoms with E-state index in [1.54, 1.807) is 31.9 Å². The first-order valence-corrected chi connectivity index (χ1v) is 15.8. The first-order valence-electron chi connectivity index (χ1n) is 13.8. The van der Waals surface area contributed by atoms with Crippen LogP contribution in [0.3, 0.4) is 0 Å². The molecular formula is C27H38F3N5O5S2. The summed E-state index contributed by atoms with van der Waals surface area (Å²) in [6.45, 7) is 7.69. The van der Waals surface area contributed by atoms with Crippen molar-refractivity contribution in [3.63, 3.8) is 0 Å². The molecule has 2 aliphatic rings. The van der Waals surface area contributed by atoms with Crippen LogP contribution >= 0.6 is 12.2 Å². The maximum absolute atomic E-state index is 13.5. The summed E-state index contributed by atoms with van der Waals surface area (Å²) in [6, 6.07) is 4.70. The smallest absolute Gasteiger partial charge is 0.382 e. The number of amides is 1. The fraction of sp³-hybridized carbons (Fsp3) is 0.667. The van der Waals surface area contributed by atoms with Crippen molar-refractivity contribution < 1.29 is 35.9 Å². The van der Waals surface area contributed by atoms with E-state index in [4.69, 9.17) is 27.0 Å². The highest BCUT2D eigenvalue weighted by atomic mass is 32.2. The molecule has 1 aromatic carbocycles. The Balaban J connectivity index is 1.47. The number of piperazine rings is 1. The van der Waals surface area contributed by atoms with Gasteiger partial charge in [-0.2, -0.15) is 22.7 Å². The third kappa shape index (κ3) is 8.18. The molecule has 2 saturated heterocycles. The Labute approximate surface area is 251 Å². The monoisotopic (exact) mass is 633 g/mol. The Hall–Kier alpha value is -2.35. The van der Waals surface area contributed by atoms with Gasteiger partial charge in [0.1, 0.15) is 5.54 Å². The van der Waals surface area contributed by atoms with E-state index in [1.165, 1.54) is 10.4 Å². The molecule has 0 atom stereocenters. The molecule has 2 aliphatic heterocycles. The number of thiocarbonyl (C=S) groups is 1. The summed E-state index contributed by atoms with van der Waals surface area (Å²) in [5.74, 6) is -0.486. The summed E-state index contributed by atoms with van der Waals surface area (Å²) in [7, 11) is -1.81. The molecular weight excluding hydrogens is 595 g/mol. The summed E-state index contributed by atoms with van der Waals surface area (Å²) in [5.41, 5.74) is -2.70. The van der Waals surface area contributed by atoms with Crippen LogP contribution < -0.4 is 4.90 Å². The minimum absolute atomic E-state index is 0.0216. The number of rotatable bonds is 14. The number of methoxy groups -OCH3 is 1. The predicted molar refractivity (Wildman–Crippen MR) is 155 cm³/mol. The predicted octanol–water partition coefficient (Wildman–Crippen LogP) is 3.07. The zero-order valence-corrected chi connectivity index (χ0v) is 25.8. The second-order valence-electron chi connectivity index (χ2n) is 10.7. The van der Waals surface area contributed by atoms with Crippen molar-refractivity contribution in [2.75, 3.05) is 76.9 Å². The molecule has 2 fully saturated rings. The van der Waals surface area contributed by atoms with Crippen molar-refractivity contribution >= 4 is 38.9 Å². The van der Waals surface area contributed by atoms with Gasteiger partial charge in [-0.1, -0.05) is 6.42 Å². The number of hydrogen-bond acceptors (Lipinski definition) is 8. The Morgan fingerprint density at radius 2 is 1.71 bits per heavy atom. The maximum atomic E-state index is 13.5. The van der Waals surface area contributed by atoms with Gasteiger partial charge in [0.15, 0.2) is 5.11 Å². The van der Waals surface area contributed by atoms with Crippen molar-refractivity contribution in [2.24, 2.45) is 0 Å². The Kier molecular flexibility index (Phi) is 11.7. The zero-order chi connectivity index (χ0) is 31.1. The van der Waals surface area contributed by atoms with Crippen LogP contribution in [0.2, 0.25) is 0 Å². The van der Waals surface area contributed by atoms with Crippen LogP contribution in [0.15, 0.2) is 18.2 Å². The lowest BCUT2D eigenvalue weighted by Crippen LogP contribution is -2.49. The van der Waals surface area contributed by atoms with Gasteiger partial charge in [0, 0.05) is 39.8 Å². The number of carbonyl (C=O) groups is 1. The second-order valence-corrected chi connectivity index (χ2v) is 13.1. The number of halogens is 3. The Morgan fingerprint density at radius 3 is 2.33 bits per heavy atom. The normalized spacial score (nSPS) is 18.6. The molecule has 234 valence electrons. The molecule has 0 aliphatic carbocycles. The summed E-state index contributed by atoms with van der Waals surface area (Å²) in [5, 5.41) is 9.21. The van der Waals surface area contributed by atoms with Crippen molar-refractivity contribution in [3.05, 3.63) is 29.3 Å². The molecule has 42 heavy (non-hydrogen) atoms. The van der Waals surface area contributed by atoms with Gasteiger partial charge >= 0.3 is 6.18 Å². The van der Waals surface area contributed by atoms with E-state index in [-0.39, 0.29) is 23.2 Å². The molecule has 15 heteroatoms. The Bertz CT molecular complexity index is 1260. The number of ether oxygens (including phenoxy) is 2. The molecule has 1 aromatic rings. The lowest BCUT2D eigenvalue weighted by Gasteiger charge is -2.34. The Morgan fingerprint density at radius 1 is 1.05 bits per heavy atom. The molecule has 3 rings (SSSR count). The minimum atomic E-state index is -4.75. The van der Waals surface area contributed by atoms with Crippen molar-refractivity contribution in [3.8, 4) is 6.07 Å². The molecule has 0 radical (unpaired) electrons. The number of nitrogens with zero attached hydrogens (tertiary/aromatic N) is 5. The van der Waals surface area contributed by atoms with Crippen LogP contribution in [-0.4, -0.2) is 111 Å². The standard InChI is InChI=1S/C27H38F3N5O5S2/c1-26(2)24(36)35(22-8-7-21(20-31)23(19-22)27(28,29)30)25(41)34(26)10-6-4-5-9-32-11-13-33(14-12-32)42(37,38)18-17-40-16-15-39-3/h7-8,19H,4-6,9-18H2,1-3H3. The average molecular weight is 634 g/mol. The average Bonchev–Trinajstić information content (AvgIpc) is 3.10. The number of anilines is 1. The highest BCUT2D eigenvalue weighted by Gasteiger charge is 2.49. The summed E-state index contributed by atoms with van der Waals surface area (Å²) in [4.78, 5) is 18.3. The van der Waals surface area contributed by atoms with E-state index in [1.807, 2.05) is 0 Å². The zero-order valence-electron chi connectivity index (χ0n) is 24.2. The molecule has 1 amide bonds. The summed E-state index contributed by atoms with van der Waals surface area (Å²) in [6.07, 6.45) is -2.34. The lowest BCUT2D eigenvalue weighted by molar-refractivity contribution is -0.137. The maximum Gasteiger partial charge on any atom is 0.417 e. The van der Waals surface area contributed by atoms with Gasteiger partial charge in [-0.15, -0.1) is 0 Å². The summed E-state index contributed by atoms with van der Waals surface area (Å²) >= 11 is 5.54. The number of sulfonamides is 1. The molecule has 0 saturated carbocycles. The quantitative estimate of drug-likeness (QED) is 0.226. The van der Waals surface area contributed by atoms with Crippen LogP contribution in [-0.2, 0) is 30.5 Å². The highest BCUT2D eigenvalue weighted by Crippen LogP contribution is 2.38. The van der Waals surface area contributed by atoms with Gasteiger partial charge in [0.2, 0.25) is 10.0 Å². The highest BCUT2D eigenvalue weighted by molar-refractivity contribution is 7.89. The van der Waals surface area contributed by atoms with Gasteiger partial charge < -0.3 is 19.3 Å². The van der Waals surface area contributed by atoms with E-state index in [0.29, 0.717) is 52.4 Å². The number of benzene rings is 1. The molecule has 0 N–H and O–H groups in total. The number of carbonyl (C=O) groups excluding carboxylic acids is 1. The van der Waals surface area contributed by atoms with Crippen molar-refractivity contribution in [2.45, 2.75) is 44.8 Å². The number of hydrogen-bond donors (Lipinski definition) is 0. The van der Waals surface area contributed by atoms with Gasteiger partial charge in [-0.05, 0) is 63.7 Å². The van der Waals surface area contributed by atoms with E-state index in [0.717, 1.165) is 36.4 Å². The van der Waals surface area contributed by atoms with E-state index < -0.39 is 38.8 Å². The van der Waals surface area contributed by atoms with Crippen LogP contribution in [0, 0.1) is 11.3 Å². The molecule has 10 nitrogen and oxygen atoms in total. The SMILES string of the molecule is COCCOCCS(=O)(=O)N1CCN(CCCCCN2C(=S)N(c3ccc(C#N)c(C(F)(F)F)c3)C(=O)C2(C)C)CC1. The number of nitriles is 1. The van der Waals surface area contributed by atoms with Crippen LogP contribution in [0.4, 0.5) is 18.9 Å². The van der Waals surface area contributed by atoms with Gasteiger partial charge in [-0.25, -0.2) is 8.42 Å². The van der Waals surface area contributed by atoms with Crippen LogP contribution in [0.25, 0.3) is 0 Å². The molecule has 0 aromatic heterocycles. The van der Waals surface area contributed by atoms with Gasteiger partial charge in [-0.3, -0.25) is 9.69 Å². The fourth-order valence-corrected chi connectivity index (χ4v) is 6.81. The largest absolute Gasteiger partial charge is 0.417 e. The fourth-order valence-electron chi connectivity index (χ4n) is 4.99. The van der Waals surface area contributed by atoms with E-state index >= 15 is 0 Å². The summed E-state index contributed by atoms with van der Waals surface area (Å²) < 4.78 is 77.3. The van der Waals surface area contributed by atoms with Crippen LogP contribution in [0.1, 0.15) is 44.2 Å². The molecule has 2 heterocycles. The first-order chi connectivity index (χ1) is 19.7. The van der Waals surface area contributed by atoms with Crippen LogP contribution in [0.5, 0.6) is 0 Å². The van der Waals surface area contributed by atoms with Gasteiger partial charge in [0.05, 0.1) is 48.5 Å². The first kappa shape index (κ1) is 34.1. The molecule has 0 unspecified atom stereocenters. The second kappa shape index (κ2) is 14.4. The molecule has 0 bridgehead atoms. The number of unbranched alkanes of at least 4 members (excludes halogenated alkanes) is 2. The minimum Gasteiger partial charge on any atom is -0.382 e. The topological polar surface area (TPSA) is 106 Å². The van der Waals surface area contributed by atoms with Gasteiger partial charge in [0.25, 0.3) is 5.91 Å². The van der Waals surface area contributed by atoms with E-state index in [2.05, 4.69) is 4.90 Å². The number of alkyl halides is 3. The van der Waals surface area contributed by atoms with Crippen molar-refractivity contribution in [1.29, 1.82) is 5.26 Å². The lowest BCUT2D eigenvalue weighted by atomic mass is 10.0. The third-order valence-corrected chi connectivity index (χ3v) is 9.75.